The Bertz CT molecular complexity index is 912. The molecule has 2 N–H and O–H groups in total. The zero-order chi connectivity index (χ0) is 19.7. The number of amides is 1. The molecule has 0 aliphatic rings. The topological polar surface area (TPSA) is 80.5 Å². The van der Waals surface area contributed by atoms with Gasteiger partial charge in [-0.25, -0.2) is 8.42 Å². The first-order valence-electron chi connectivity index (χ1n) is 6.85. The highest BCUT2D eigenvalue weighted by atomic mass is 35.5. The van der Waals surface area contributed by atoms with Crippen LogP contribution in [-0.4, -0.2) is 20.9 Å². The van der Waals surface area contributed by atoms with E-state index in [1.165, 1.54) is 6.07 Å². The van der Waals surface area contributed by atoms with Gasteiger partial charge in [0.2, 0.25) is 5.91 Å². The molecule has 0 heterocycles. The minimum Gasteiger partial charge on any atom is -0.368 e. The minimum absolute atomic E-state index is 0.0301. The summed E-state index contributed by atoms with van der Waals surface area (Å²) >= 11 is 11.6. The van der Waals surface area contributed by atoms with E-state index < -0.39 is 34.2 Å². The van der Waals surface area contributed by atoms with Crippen molar-refractivity contribution in [3.8, 4) is 0 Å². The van der Waals surface area contributed by atoms with Crippen molar-refractivity contribution in [2.75, 3.05) is 10.8 Å². The van der Waals surface area contributed by atoms with Gasteiger partial charge in [-0.2, -0.15) is 13.2 Å². The summed E-state index contributed by atoms with van der Waals surface area (Å²) in [7, 11) is -4.36. The highest BCUT2D eigenvalue weighted by Gasteiger charge is 2.32. The van der Waals surface area contributed by atoms with Crippen molar-refractivity contribution in [1.29, 1.82) is 0 Å². The number of nitrogens with two attached hydrogens (primary N) is 1. The number of sulfonamides is 1. The summed E-state index contributed by atoms with van der Waals surface area (Å²) in [6, 6.07) is 6.75. The van der Waals surface area contributed by atoms with E-state index in [-0.39, 0.29) is 20.6 Å². The molecule has 2 aromatic rings. The van der Waals surface area contributed by atoms with E-state index in [1.54, 1.807) is 0 Å². The number of primary amides is 1. The van der Waals surface area contributed by atoms with Crippen LogP contribution in [0.5, 0.6) is 0 Å². The number of hydrogen-bond donors (Lipinski definition) is 1. The molecule has 2 aromatic carbocycles. The molecular formula is C15H11Cl2F3N2O3S. The number of benzene rings is 2. The molecule has 0 saturated heterocycles. The van der Waals surface area contributed by atoms with Crippen LogP contribution >= 0.6 is 23.2 Å². The van der Waals surface area contributed by atoms with Gasteiger partial charge in [0.25, 0.3) is 10.0 Å². The molecule has 0 bridgehead atoms. The van der Waals surface area contributed by atoms with Crippen LogP contribution < -0.4 is 10.0 Å². The molecule has 11 heteroatoms. The maximum absolute atomic E-state index is 12.8. The third-order valence-corrected chi connectivity index (χ3v) is 5.39. The Morgan fingerprint density at radius 2 is 1.54 bits per heavy atom. The maximum Gasteiger partial charge on any atom is 0.416 e. The fraction of sp³-hybridized carbons (Fsp3) is 0.133. The van der Waals surface area contributed by atoms with Crippen LogP contribution in [0.3, 0.4) is 0 Å². The van der Waals surface area contributed by atoms with Crippen molar-refractivity contribution < 1.29 is 26.4 Å². The number of halogens is 5. The number of rotatable bonds is 5. The molecule has 0 atom stereocenters. The molecular weight excluding hydrogens is 416 g/mol. The number of carbonyl (C=O) groups is 1. The summed E-state index contributed by atoms with van der Waals surface area (Å²) in [5.41, 5.74) is 3.94. The summed E-state index contributed by atoms with van der Waals surface area (Å²) < 4.78 is 64.3. The van der Waals surface area contributed by atoms with Gasteiger partial charge in [-0.1, -0.05) is 23.2 Å². The second kappa shape index (κ2) is 7.34. The van der Waals surface area contributed by atoms with E-state index >= 15 is 0 Å². The van der Waals surface area contributed by atoms with Crippen molar-refractivity contribution in [2.45, 2.75) is 11.1 Å². The zero-order valence-corrected chi connectivity index (χ0v) is 15.1. The van der Waals surface area contributed by atoms with Gasteiger partial charge in [-0.3, -0.25) is 9.10 Å². The van der Waals surface area contributed by atoms with Crippen LogP contribution in [0.2, 0.25) is 10.0 Å². The Morgan fingerprint density at radius 1 is 1.04 bits per heavy atom. The highest BCUT2D eigenvalue weighted by molar-refractivity contribution is 7.92. The second-order valence-corrected chi connectivity index (χ2v) is 7.86. The van der Waals surface area contributed by atoms with E-state index in [2.05, 4.69) is 0 Å². The van der Waals surface area contributed by atoms with Crippen LogP contribution in [0.1, 0.15) is 5.56 Å². The van der Waals surface area contributed by atoms with E-state index in [1.807, 2.05) is 0 Å². The lowest BCUT2D eigenvalue weighted by atomic mass is 10.2. The smallest absolute Gasteiger partial charge is 0.368 e. The Hall–Kier alpha value is -1.97. The monoisotopic (exact) mass is 426 g/mol. The van der Waals surface area contributed by atoms with Crippen LogP contribution in [-0.2, 0) is 21.0 Å². The van der Waals surface area contributed by atoms with Gasteiger partial charge in [0, 0.05) is 10.0 Å². The quantitative estimate of drug-likeness (QED) is 0.791. The van der Waals surface area contributed by atoms with Gasteiger partial charge >= 0.3 is 6.18 Å². The first kappa shape index (κ1) is 20.3. The molecule has 0 aliphatic heterocycles. The number of hydrogen-bond acceptors (Lipinski definition) is 3. The van der Waals surface area contributed by atoms with Gasteiger partial charge in [0.05, 0.1) is 16.1 Å². The fourth-order valence-corrected chi connectivity index (χ4v) is 4.24. The summed E-state index contributed by atoms with van der Waals surface area (Å²) in [5.74, 6) is -0.999. The van der Waals surface area contributed by atoms with Crippen molar-refractivity contribution >= 4 is 44.8 Å². The fourth-order valence-electron chi connectivity index (χ4n) is 2.08. The average molecular weight is 427 g/mol. The van der Waals surface area contributed by atoms with Gasteiger partial charge in [-0.05, 0) is 42.5 Å². The summed E-state index contributed by atoms with van der Waals surface area (Å²) in [6.07, 6.45) is -4.59. The van der Waals surface area contributed by atoms with Gasteiger partial charge in [0.1, 0.15) is 6.54 Å². The Morgan fingerprint density at radius 3 is 1.96 bits per heavy atom. The molecule has 2 rings (SSSR count). The van der Waals surface area contributed by atoms with Crippen molar-refractivity contribution in [1.82, 2.24) is 0 Å². The predicted octanol–water partition coefficient (Wildman–Crippen LogP) is 3.69. The molecule has 0 radical (unpaired) electrons. The summed E-state index contributed by atoms with van der Waals surface area (Å²) in [5, 5.41) is 0.0602. The van der Waals surface area contributed by atoms with E-state index in [0.717, 1.165) is 24.3 Å². The zero-order valence-electron chi connectivity index (χ0n) is 12.8. The molecule has 5 nitrogen and oxygen atoms in total. The highest BCUT2D eigenvalue weighted by Crippen LogP contribution is 2.32. The Kier molecular flexibility index (Phi) is 5.74. The summed E-state index contributed by atoms with van der Waals surface area (Å²) in [4.78, 5) is 11.0. The molecule has 140 valence electrons. The van der Waals surface area contributed by atoms with Gasteiger partial charge in [-0.15, -0.1) is 0 Å². The van der Waals surface area contributed by atoms with E-state index in [4.69, 9.17) is 28.9 Å². The van der Waals surface area contributed by atoms with Crippen molar-refractivity contribution in [3.05, 3.63) is 58.1 Å². The molecule has 0 spiro atoms. The lowest BCUT2D eigenvalue weighted by Crippen LogP contribution is -2.38. The van der Waals surface area contributed by atoms with Crippen molar-refractivity contribution in [2.24, 2.45) is 5.73 Å². The Balaban J connectivity index is 2.54. The first-order chi connectivity index (χ1) is 11.9. The first-order valence-corrected chi connectivity index (χ1v) is 9.05. The molecule has 0 aromatic heterocycles. The standard InChI is InChI=1S/C15H11Cl2F3N2O3S/c16-10-5-11(17)7-13(6-10)26(24,25)22(8-14(21)23)12-3-1-9(2-4-12)15(18,19)20/h1-7H,8H2,(H2,21,23). The second-order valence-electron chi connectivity index (χ2n) is 5.13. The summed E-state index contributed by atoms with van der Waals surface area (Å²) in [6.45, 7) is -0.780. The van der Waals surface area contributed by atoms with Crippen LogP contribution in [0.15, 0.2) is 47.4 Å². The van der Waals surface area contributed by atoms with Gasteiger partial charge < -0.3 is 5.73 Å². The van der Waals surface area contributed by atoms with Crippen molar-refractivity contribution in [3.63, 3.8) is 0 Å². The number of alkyl halides is 3. The normalized spacial score (nSPS) is 12.0. The largest absolute Gasteiger partial charge is 0.416 e. The van der Waals surface area contributed by atoms with Crippen LogP contribution in [0.25, 0.3) is 0 Å². The molecule has 0 saturated carbocycles. The molecule has 0 unspecified atom stereocenters. The predicted molar refractivity (Wildman–Crippen MR) is 91.6 cm³/mol. The lowest BCUT2D eigenvalue weighted by Gasteiger charge is -2.23. The number of anilines is 1. The third kappa shape index (κ3) is 4.60. The third-order valence-electron chi connectivity index (χ3n) is 3.21. The van der Waals surface area contributed by atoms with Crippen LogP contribution in [0.4, 0.5) is 18.9 Å². The SMILES string of the molecule is NC(=O)CN(c1ccc(C(F)(F)F)cc1)S(=O)(=O)c1cc(Cl)cc(Cl)c1. The Labute approximate surface area is 157 Å². The maximum atomic E-state index is 12.8. The molecule has 0 fully saturated rings. The molecule has 1 amide bonds. The average Bonchev–Trinajstić information content (AvgIpc) is 2.50. The van der Waals surface area contributed by atoms with Gasteiger partial charge in [0.15, 0.2) is 0 Å². The number of carbonyl (C=O) groups excluding carboxylic acids is 1. The van der Waals surface area contributed by atoms with Crippen LogP contribution in [0, 0.1) is 0 Å². The van der Waals surface area contributed by atoms with E-state index in [9.17, 15) is 26.4 Å². The van der Waals surface area contributed by atoms with E-state index in [0.29, 0.717) is 16.4 Å². The molecule has 0 aliphatic carbocycles. The lowest BCUT2D eigenvalue weighted by molar-refractivity contribution is -0.137. The minimum atomic E-state index is -4.59. The molecule has 26 heavy (non-hydrogen) atoms. The number of nitrogens with zero attached hydrogens (tertiary/aromatic N) is 1.